The van der Waals surface area contributed by atoms with E-state index in [1.165, 1.54) is 5.56 Å². The molecule has 0 aromatic heterocycles. The van der Waals surface area contributed by atoms with Crippen LogP contribution in [0, 0.1) is 0 Å². The Kier molecular flexibility index (Phi) is 5.95. The van der Waals surface area contributed by atoms with Gasteiger partial charge in [0.25, 0.3) is 0 Å². The second kappa shape index (κ2) is 8.37. The van der Waals surface area contributed by atoms with Gasteiger partial charge in [-0.05, 0) is 35.7 Å². The molecule has 1 heterocycles. The highest BCUT2D eigenvalue weighted by atomic mass is 35.5. The first-order chi connectivity index (χ1) is 12.1. The van der Waals surface area contributed by atoms with Crippen LogP contribution in [0.15, 0.2) is 48.5 Å². The zero-order valence-electron chi connectivity index (χ0n) is 14.2. The SMILES string of the molecule is O=C(CCc1ccccc1O)N1CCN(Cc2ccc(Cl)cc2)CC1. The van der Waals surface area contributed by atoms with E-state index >= 15 is 0 Å². The van der Waals surface area contributed by atoms with Crippen LogP contribution < -0.4 is 0 Å². The highest BCUT2D eigenvalue weighted by Crippen LogP contribution is 2.18. The number of carbonyl (C=O) groups is 1. The van der Waals surface area contributed by atoms with Gasteiger partial charge in [-0.2, -0.15) is 0 Å². The van der Waals surface area contributed by atoms with E-state index in [9.17, 15) is 9.90 Å². The second-order valence-corrected chi connectivity index (χ2v) is 6.85. The Morgan fingerprint density at radius 1 is 1.00 bits per heavy atom. The van der Waals surface area contributed by atoms with Crippen LogP contribution in [0.4, 0.5) is 0 Å². The lowest BCUT2D eigenvalue weighted by molar-refractivity contribution is -0.133. The van der Waals surface area contributed by atoms with E-state index < -0.39 is 0 Å². The number of phenolic OH excluding ortho intramolecular Hbond substituents is 1. The van der Waals surface area contributed by atoms with E-state index in [1.54, 1.807) is 12.1 Å². The molecular weight excluding hydrogens is 336 g/mol. The van der Waals surface area contributed by atoms with Crippen molar-refractivity contribution in [2.45, 2.75) is 19.4 Å². The van der Waals surface area contributed by atoms with Crippen LogP contribution in [0.25, 0.3) is 0 Å². The van der Waals surface area contributed by atoms with E-state index in [2.05, 4.69) is 4.90 Å². The van der Waals surface area contributed by atoms with E-state index in [1.807, 2.05) is 41.3 Å². The third-order valence-corrected chi connectivity index (χ3v) is 4.90. The van der Waals surface area contributed by atoms with Gasteiger partial charge < -0.3 is 10.0 Å². The van der Waals surface area contributed by atoms with Gasteiger partial charge in [0.15, 0.2) is 0 Å². The van der Waals surface area contributed by atoms with Crippen molar-refractivity contribution < 1.29 is 9.90 Å². The summed E-state index contributed by atoms with van der Waals surface area (Å²) < 4.78 is 0. The number of aromatic hydroxyl groups is 1. The number of hydrogen-bond donors (Lipinski definition) is 1. The van der Waals surface area contributed by atoms with Gasteiger partial charge in [-0.15, -0.1) is 0 Å². The Hall–Kier alpha value is -2.04. The normalized spacial score (nSPS) is 15.3. The van der Waals surface area contributed by atoms with Crippen LogP contribution in [-0.2, 0) is 17.8 Å². The molecule has 25 heavy (non-hydrogen) atoms. The maximum absolute atomic E-state index is 12.4. The van der Waals surface area contributed by atoms with Gasteiger partial charge in [0.2, 0.25) is 5.91 Å². The fourth-order valence-corrected chi connectivity index (χ4v) is 3.25. The molecule has 0 saturated carbocycles. The number of benzene rings is 2. The Bertz CT molecular complexity index is 710. The number of amides is 1. The molecule has 3 rings (SSSR count). The number of hydrogen-bond acceptors (Lipinski definition) is 3. The Morgan fingerprint density at radius 3 is 2.36 bits per heavy atom. The molecule has 0 bridgehead atoms. The average molecular weight is 359 g/mol. The zero-order chi connectivity index (χ0) is 17.6. The van der Waals surface area contributed by atoms with Crippen molar-refractivity contribution in [2.24, 2.45) is 0 Å². The van der Waals surface area contributed by atoms with Gasteiger partial charge in [-0.3, -0.25) is 9.69 Å². The van der Waals surface area contributed by atoms with E-state index in [4.69, 9.17) is 11.6 Å². The van der Waals surface area contributed by atoms with Crippen LogP contribution in [0.2, 0.25) is 5.02 Å². The molecule has 1 amide bonds. The Morgan fingerprint density at radius 2 is 1.68 bits per heavy atom. The molecule has 0 radical (unpaired) electrons. The van der Waals surface area contributed by atoms with Crippen LogP contribution in [0.1, 0.15) is 17.5 Å². The Labute approximate surface area is 153 Å². The first kappa shape index (κ1) is 17.8. The quantitative estimate of drug-likeness (QED) is 0.891. The predicted molar refractivity (Wildman–Crippen MR) is 99.7 cm³/mol. The van der Waals surface area contributed by atoms with Crippen molar-refractivity contribution in [3.8, 4) is 5.75 Å². The molecule has 5 heteroatoms. The number of piperazine rings is 1. The van der Waals surface area contributed by atoms with Crippen molar-refractivity contribution in [3.05, 3.63) is 64.7 Å². The molecule has 0 spiro atoms. The largest absolute Gasteiger partial charge is 0.508 e. The maximum Gasteiger partial charge on any atom is 0.222 e. The number of carbonyl (C=O) groups excluding carboxylic acids is 1. The van der Waals surface area contributed by atoms with Gasteiger partial charge in [0.1, 0.15) is 5.75 Å². The molecule has 132 valence electrons. The topological polar surface area (TPSA) is 43.8 Å². The number of aryl methyl sites for hydroxylation is 1. The maximum atomic E-state index is 12.4. The summed E-state index contributed by atoms with van der Waals surface area (Å²) in [5.74, 6) is 0.428. The number of nitrogens with zero attached hydrogens (tertiary/aromatic N) is 2. The average Bonchev–Trinajstić information content (AvgIpc) is 2.63. The Balaban J connectivity index is 1.44. The van der Waals surface area contributed by atoms with E-state index in [0.29, 0.717) is 12.8 Å². The minimum atomic E-state index is 0.161. The number of rotatable bonds is 5. The molecule has 0 unspecified atom stereocenters. The summed E-state index contributed by atoms with van der Waals surface area (Å²) in [4.78, 5) is 16.7. The summed E-state index contributed by atoms with van der Waals surface area (Å²) >= 11 is 5.92. The summed E-state index contributed by atoms with van der Waals surface area (Å²) in [5, 5.41) is 10.5. The van der Waals surface area contributed by atoms with Crippen LogP contribution in [0.5, 0.6) is 5.75 Å². The molecule has 1 N–H and O–H groups in total. The monoisotopic (exact) mass is 358 g/mol. The standard InChI is InChI=1S/C20H23ClN2O2/c21-18-8-5-16(6-9-18)15-22-11-13-23(14-12-22)20(25)10-7-17-3-1-2-4-19(17)24/h1-6,8-9,24H,7,10-15H2. The molecule has 1 fully saturated rings. The first-order valence-corrected chi connectivity index (χ1v) is 9.01. The highest BCUT2D eigenvalue weighted by Gasteiger charge is 2.21. The van der Waals surface area contributed by atoms with Crippen molar-refractivity contribution in [3.63, 3.8) is 0 Å². The highest BCUT2D eigenvalue weighted by molar-refractivity contribution is 6.30. The summed E-state index contributed by atoms with van der Waals surface area (Å²) in [6, 6.07) is 15.1. The molecule has 4 nitrogen and oxygen atoms in total. The fourth-order valence-electron chi connectivity index (χ4n) is 3.13. The lowest BCUT2D eigenvalue weighted by Crippen LogP contribution is -2.48. The van der Waals surface area contributed by atoms with Gasteiger partial charge in [-0.25, -0.2) is 0 Å². The van der Waals surface area contributed by atoms with E-state index in [0.717, 1.165) is 43.3 Å². The minimum absolute atomic E-state index is 0.161. The van der Waals surface area contributed by atoms with Crippen molar-refractivity contribution in [2.75, 3.05) is 26.2 Å². The van der Waals surface area contributed by atoms with E-state index in [-0.39, 0.29) is 11.7 Å². The zero-order valence-corrected chi connectivity index (χ0v) is 15.0. The van der Waals surface area contributed by atoms with Crippen LogP contribution in [-0.4, -0.2) is 47.0 Å². The molecule has 0 atom stereocenters. The molecule has 1 saturated heterocycles. The smallest absolute Gasteiger partial charge is 0.222 e. The molecule has 0 aliphatic carbocycles. The van der Waals surface area contributed by atoms with Crippen molar-refractivity contribution in [1.29, 1.82) is 0 Å². The summed E-state index contributed by atoms with van der Waals surface area (Å²) in [5.41, 5.74) is 2.07. The number of halogens is 1. The third-order valence-electron chi connectivity index (χ3n) is 4.64. The summed E-state index contributed by atoms with van der Waals surface area (Å²) in [6.07, 6.45) is 1.02. The first-order valence-electron chi connectivity index (χ1n) is 8.63. The van der Waals surface area contributed by atoms with Crippen molar-refractivity contribution in [1.82, 2.24) is 9.80 Å². The second-order valence-electron chi connectivity index (χ2n) is 6.41. The minimum Gasteiger partial charge on any atom is -0.508 e. The lowest BCUT2D eigenvalue weighted by Gasteiger charge is -2.34. The number of para-hydroxylation sites is 1. The molecule has 2 aromatic carbocycles. The predicted octanol–water partition coefficient (Wildman–Crippen LogP) is 3.32. The van der Waals surface area contributed by atoms with Crippen LogP contribution in [0.3, 0.4) is 0 Å². The van der Waals surface area contributed by atoms with Crippen LogP contribution >= 0.6 is 11.6 Å². The molecule has 1 aliphatic rings. The summed E-state index contributed by atoms with van der Waals surface area (Å²) in [6.45, 7) is 4.16. The molecule has 2 aromatic rings. The lowest BCUT2D eigenvalue weighted by atomic mass is 10.1. The molecule has 1 aliphatic heterocycles. The van der Waals surface area contributed by atoms with Gasteiger partial charge >= 0.3 is 0 Å². The summed E-state index contributed by atoms with van der Waals surface area (Å²) in [7, 11) is 0. The molecular formula is C20H23ClN2O2. The van der Waals surface area contributed by atoms with Gasteiger partial charge in [0.05, 0.1) is 0 Å². The van der Waals surface area contributed by atoms with Crippen molar-refractivity contribution >= 4 is 17.5 Å². The number of phenols is 1. The van der Waals surface area contributed by atoms with Gasteiger partial charge in [-0.1, -0.05) is 41.9 Å². The fraction of sp³-hybridized carbons (Fsp3) is 0.350. The third kappa shape index (κ3) is 4.97. The van der Waals surface area contributed by atoms with Gasteiger partial charge in [0, 0.05) is 44.2 Å².